The van der Waals surface area contributed by atoms with Crippen LogP contribution in [0.4, 0.5) is 0 Å². The molecule has 0 saturated carbocycles. The van der Waals surface area contributed by atoms with Crippen molar-refractivity contribution in [3.05, 3.63) is 83.9 Å². The summed E-state index contributed by atoms with van der Waals surface area (Å²) in [4.78, 5) is 21.8. The second-order valence-corrected chi connectivity index (χ2v) is 7.16. The Morgan fingerprint density at radius 2 is 1.60 bits per heavy atom. The number of carbonyl (C=O) groups excluding carboxylic acids is 1. The fourth-order valence-electron chi connectivity index (χ4n) is 2.79. The first kappa shape index (κ1) is 17.3. The zero-order chi connectivity index (χ0) is 17.6. The molecule has 25 heavy (non-hydrogen) atoms. The van der Waals surface area contributed by atoms with E-state index in [9.17, 15) is 14.3 Å². The lowest BCUT2D eigenvalue weighted by Gasteiger charge is -2.09. The van der Waals surface area contributed by atoms with Gasteiger partial charge in [0, 0.05) is 6.42 Å². The van der Waals surface area contributed by atoms with Crippen LogP contribution in [-0.2, 0) is 22.2 Å². The predicted octanol–water partition coefficient (Wildman–Crippen LogP) is 3.80. The van der Waals surface area contributed by atoms with Gasteiger partial charge < -0.3 is 5.32 Å². The first-order valence-electron chi connectivity index (χ1n) is 8.08. The van der Waals surface area contributed by atoms with E-state index in [2.05, 4.69) is 5.32 Å². The van der Waals surface area contributed by atoms with E-state index in [-0.39, 0.29) is 12.3 Å². The van der Waals surface area contributed by atoms with Gasteiger partial charge >= 0.3 is 8.03 Å². The van der Waals surface area contributed by atoms with E-state index in [4.69, 9.17) is 0 Å². The molecule has 1 amide bonds. The van der Waals surface area contributed by atoms with Crippen molar-refractivity contribution in [2.45, 2.75) is 18.6 Å². The van der Waals surface area contributed by atoms with Gasteiger partial charge in [-0.25, -0.2) is 0 Å². The third kappa shape index (κ3) is 4.72. The highest BCUT2D eigenvalue weighted by atomic mass is 31.1. The van der Waals surface area contributed by atoms with Crippen LogP contribution >= 0.6 is 8.03 Å². The fraction of sp³-hybridized carbons (Fsp3) is 0.150. The largest absolute Gasteiger partial charge is 0.531 e. The number of carbonyl (C=O) groups is 1. The highest BCUT2D eigenvalue weighted by molar-refractivity contribution is 7.38. The third-order valence-corrected chi connectivity index (χ3v) is 4.89. The molecule has 2 atom stereocenters. The zero-order valence-corrected chi connectivity index (χ0v) is 14.5. The molecule has 3 aromatic rings. The molecule has 0 aromatic heterocycles. The van der Waals surface area contributed by atoms with Crippen LogP contribution in [0.15, 0.2) is 72.8 Å². The number of hydrogen-bond donors (Lipinski definition) is 2. The topological polar surface area (TPSA) is 66.4 Å². The summed E-state index contributed by atoms with van der Waals surface area (Å²) in [5, 5.41) is 4.88. The Labute approximate surface area is 147 Å². The number of fused-ring (bicyclic) bond motifs is 1. The van der Waals surface area contributed by atoms with Gasteiger partial charge in [-0.3, -0.25) is 4.79 Å². The predicted molar refractivity (Wildman–Crippen MR) is 99.6 cm³/mol. The van der Waals surface area contributed by atoms with Crippen molar-refractivity contribution >= 4 is 24.7 Å². The average molecular weight is 352 g/mol. The second-order valence-electron chi connectivity index (χ2n) is 5.93. The van der Waals surface area contributed by atoms with Gasteiger partial charge in [0.1, 0.15) is 0 Å². The van der Waals surface area contributed by atoms with Crippen LogP contribution in [-0.4, -0.2) is 16.6 Å². The van der Waals surface area contributed by atoms with Crippen molar-refractivity contribution < 1.29 is 14.3 Å². The summed E-state index contributed by atoms with van der Waals surface area (Å²) in [6.07, 6.45) is 0.509. The minimum absolute atomic E-state index is 0.180. The van der Waals surface area contributed by atoms with Gasteiger partial charge in [-0.15, -0.1) is 0 Å². The van der Waals surface area contributed by atoms with Crippen molar-refractivity contribution in [2.75, 3.05) is 0 Å². The van der Waals surface area contributed by atoms with Gasteiger partial charge in [0.15, 0.2) is 0 Å². The van der Waals surface area contributed by atoms with Crippen molar-refractivity contribution in [3.8, 4) is 0 Å². The summed E-state index contributed by atoms with van der Waals surface area (Å²) >= 11 is 0. The molecule has 4 nitrogen and oxygen atoms in total. The Morgan fingerprint density at radius 3 is 2.32 bits per heavy atom. The lowest BCUT2D eigenvalue weighted by Crippen LogP contribution is -2.35. The summed E-state index contributed by atoms with van der Waals surface area (Å²) in [5.74, 6) is -1.04. The molecule has 0 aliphatic carbocycles. The van der Waals surface area contributed by atoms with Crippen molar-refractivity contribution in [3.63, 3.8) is 0 Å². The van der Waals surface area contributed by atoms with E-state index in [0.717, 1.165) is 21.9 Å². The number of rotatable bonds is 6. The summed E-state index contributed by atoms with van der Waals surface area (Å²) in [6, 6.07) is 23.2. The van der Waals surface area contributed by atoms with Crippen LogP contribution in [0, 0.1) is 0 Å². The van der Waals surface area contributed by atoms with E-state index >= 15 is 0 Å². The standard InChI is InChI=1S/C20H18NO3P/c22-19(13-16-10-11-17-8-4-5-9-18(17)12-16)21-20(25(23)24)14-15-6-2-1-3-7-15/h1-12,20H,13-14H2,(H-,21,22,23,24)/p+1. The Balaban J connectivity index is 1.67. The monoisotopic (exact) mass is 352 g/mol. The summed E-state index contributed by atoms with van der Waals surface area (Å²) in [5.41, 5.74) is 1.79. The Kier molecular flexibility index (Phi) is 5.54. The van der Waals surface area contributed by atoms with Crippen molar-refractivity contribution in [1.82, 2.24) is 5.32 Å². The minimum Gasteiger partial charge on any atom is -0.310 e. The number of hydrogen-bond acceptors (Lipinski definition) is 2. The SMILES string of the molecule is O=C(Cc1ccc2ccccc2c1)NC(Cc1ccccc1)[P+](=O)O. The molecule has 5 heteroatoms. The lowest BCUT2D eigenvalue weighted by atomic mass is 10.0. The van der Waals surface area contributed by atoms with Gasteiger partial charge in [-0.2, -0.15) is 4.89 Å². The van der Waals surface area contributed by atoms with Crippen molar-refractivity contribution in [1.29, 1.82) is 0 Å². The highest BCUT2D eigenvalue weighted by Gasteiger charge is 2.30. The van der Waals surface area contributed by atoms with E-state index in [1.807, 2.05) is 72.8 Å². The summed E-state index contributed by atoms with van der Waals surface area (Å²) in [7, 11) is -2.50. The smallest absolute Gasteiger partial charge is 0.310 e. The molecule has 0 heterocycles. The van der Waals surface area contributed by atoms with Gasteiger partial charge in [-0.1, -0.05) is 72.8 Å². The van der Waals surface area contributed by atoms with Crippen molar-refractivity contribution in [2.24, 2.45) is 0 Å². The maximum atomic E-state index is 12.3. The number of nitrogens with one attached hydrogen (secondary N) is 1. The van der Waals surface area contributed by atoms with Gasteiger partial charge in [0.25, 0.3) is 5.78 Å². The first-order chi connectivity index (χ1) is 12.1. The maximum absolute atomic E-state index is 12.3. The molecular weight excluding hydrogens is 333 g/mol. The normalized spacial score (nSPS) is 12.6. The molecule has 2 unspecified atom stereocenters. The molecular formula is C20H19NO3P+. The number of benzene rings is 3. The summed E-state index contributed by atoms with van der Waals surface area (Å²) < 4.78 is 11.6. The van der Waals surface area contributed by atoms with Crippen LogP contribution in [0.2, 0.25) is 0 Å². The Hall–Kier alpha value is -2.55. The molecule has 0 fully saturated rings. The molecule has 0 radical (unpaired) electrons. The average Bonchev–Trinajstić information content (AvgIpc) is 2.62. The van der Waals surface area contributed by atoms with E-state index in [1.54, 1.807) is 0 Å². The van der Waals surface area contributed by atoms with Crippen LogP contribution in [0.3, 0.4) is 0 Å². The molecule has 0 spiro atoms. The Morgan fingerprint density at radius 1 is 0.920 bits per heavy atom. The third-order valence-electron chi connectivity index (χ3n) is 4.04. The number of amides is 1. The minimum atomic E-state index is -2.50. The van der Waals surface area contributed by atoms with E-state index in [0.29, 0.717) is 6.42 Å². The van der Waals surface area contributed by atoms with Gasteiger partial charge in [0.2, 0.25) is 5.91 Å². The molecule has 2 N–H and O–H groups in total. The Bertz CT molecular complexity index is 896. The molecule has 0 aliphatic rings. The van der Waals surface area contributed by atoms with E-state index in [1.165, 1.54) is 0 Å². The fourth-order valence-corrected chi connectivity index (χ4v) is 3.41. The van der Waals surface area contributed by atoms with Crippen LogP contribution in [0.5, 0.6) is 0 Å². The maximum Gasteiger partial charge on any atom is 0.531 e. The molecule has 0 saturated heterocycles. The molecule has 0 bridgehead atoms. The zero-order valence-electron chi connectivity index (χ0n) is 13.6. The first-order valence-corrected chi connectivity index (χ1v) is 9.36. The lowest BCUT2D eigenvalue weighted by molar-refractivity contribution is -0.120. The van der Waals surface area contributed by atoms with E-state index < -0.39 is 13.8 Å². The molecule has 0 aliphatic heterocycles. The molecule has 3 rings (SSSR count). The summed E-state index contributed by atoms with van der Waals surface area (Å²) in [6.45, 7) is 0. The molecule has 126 valence electrons. The highest BCUT2D eigenvalue weighted by Crippen LogP contribution is 2.24. The van der Waals surface area contributed by atoms with Crippen LogP contribution in [0.25, 0.3) is 10.8 Å². The van der Waals surface area contributed by atoms with Crippen LogP contribution in [0.1, 0.15) is 11.1 Å². The quantitative estimate of drug-likeness (QED) is 0.663. The van der Waals surface area contributed by atoms with Gasteiger partial charge in [0.05, 0.1) is 6.42 Å². The van der Waals surface area contributed by atoms with Gasteiger partial charge in [-0.05, 0) is 26.5 Å². The second kappa shape index (κ2) is 8.02. The molecule has 3 aromatic carbocycles. The van der Waals surface area contributed by atoms with Crippen LogP contribution < -0.4 is 5.32 Å².